The van der Waals surface area contributed by atoms with Crippen LogP contribution in [0.15, 0.2) is 30.3 Å². The first-order chi connectivity index (χ1) is 7.42. The molecule has 0 amide bonds. The number of morpholine rings is 1. The van der Waals surface area contributed by atoms with Gasteiger partial charge < -0.3 is 4.74 Å². The first kappa shape index (κ1) is 10.3. The molecule has 79 valence electrons. The maximum absolute atomic E-state index is 11.0. The molecule has 0 spiro atoms. The highest BCUT2D eigenvalue weighted by Crippen LogP contribution is 2.19. The lowest BCUT2D eigenvalue weighted by Gasteiger charge is -2.30. The van der Waals surface area contributed by atoms with E-state index in [9.17, 15) is 4.79 Å². The van der Waals surface area contributed by atoms with Gasteiger partial charge in [0, 0.05) is 13.1 Å². The number of carbonyl (C=O) groups excluding carboxylic acids is 1. The molecule has 0 aromatic heterocycles. The van der Waals surface area contributed by atoms with Crippen LogP contribution in [-0.4, -0.2) is 37.5 Å². The number of hydrogen-bond donors (Lipinski definition) is 0. The van der Waals surface area contributed by atoms with E-state index in [-0.39, 0.29) is 6.04 Å². The molecular formula is C12H14NO2. The van der Waals surface area contributed by atoms with Gasteiger partial charge in [0.2, 0.25) is 6.29 Å². The second-order valence-electron chi connectivity index (χ2n) is 3.58. The molecule has 1 atom stereocenters. The van der Waals surface area contributed by atoms with Crippen molar-refractivity contribution in [1.82, 2.24) is 4.90 Å². The number of nitrogens with zero attached hydrogens (tertiary/aromatic N) is 1. The molecule has 1 fully saturated rings. The summed E-state index contributed by atoms with van der Waals surface area (Å²) in [6.45, 7) is 3.00. The number of rotatable bonds is 3. The predicted molar refractivity (Wildman–Crippen MR) is 57.3 cm³/mol. The molecule has 0 bridgehead atoms. The summed E-state index contributed by atoms with van der Waals surface area (Å²) in [5.41, 5.74) is 1.01. The summed E-state index contributed by atoms with van der Waals surface area (Å²) in [5, 5.41) is 0. The van der Waals surface area contributed by atoms with Gasteiger partial charge in [0.25, 0.3) is 0 Å². The molecule has 0 aliphatic carbocycles. The zero-order chi connectivity index (χ0) is 10.5. The molecule has 1 heterocycles. The molecule has 1 aliphatic heterocycles. The van der Waals surface area contributed by atoms with E-state index in [0.717, 1.165) is 18.7 Å². The molecule has 15 heavy (non-hydrogen) atoms. The molecule has 1 saturated heterocycles. The summed E-state index contributed by atoms with van der Waals surface area (Å²) in [4.78, 5) is 13.1. The molecule has 3 nitrogen and oxygen atoms in total. The fourth-order valence-electron chi connectivity index (χ4n) is 1.82. The fraction of sp³-hybridized carbons (Fsp3) is 0.417. The van der Waals surface area contributed by atoms with Gasteiger partial charge in [-0.2, -0.15) is 0 Å². The third-order valence-electron chi connectivity index (χ3n) is 2.64. The third kappa shape index (κ3) is 2.43. The Hall–Kier alpha value is -1.19. The first-order valence-electron chi connectivity index (χ1n) is 5.16. The SMILES string of the molecule is O=[C]C(c1ccccc1)N1CCOCC1. The van der Waals surface area contributed by atoms with Crippen LogP contribution in [0.25, 0.3) is 0 Å². The van der Waals surface area contributed by atoms with Crippen molar-refractivity contribution in [2.75, 3.05) is 26.3 Å². The minimum absolute atomic E-state index is 0.241. The van der Waals surface area contributed by atoms with Crippen LogP contribution in [0, 0.1) is 0 Å². The number of benzene rings is 1. The Bertz CT molecular complexity index is 307. The Kier molecular flexibility index (Phi) is 3.48. The van der Waals surface area contributed by atoms with Crippen LogP contribution in [0.5, 0.6) is 0 Å². The Morgan fingerprint density at radius 1 is 1.20 bits per heavy atom. The fourth-order valence-corrected chi connectivity index (χ4v) is 1.82. The van der Waals surface area contributed by atoms with E-state index in [1.165, 1.54) is 0 Å². The van der Waals surface area contributed by atoms with Crippen molar-refractivity contribution in [2.24, 2.45) is 0 Å². The largest absolute Gasteiger partial charge is 0.379 e. The highest BCUT2D eigenvalue weighted by Gasteiger charge is 2.22. The minimum atomic E-state index is -0.241. The first-order valence-corrected chi connectivity index (χ1v) is 5.16. The van der Waals surface area contributed by atoms with Gasteiger partial charge in [0.05, 0.1) is 13.2 Å². The molecule has 0 saturated carbocycles. The van der Waals surface area contributed by atoms with Crippen molar-refractivity contribution in [3.63, 3.8) is 0 Å². The van der Waals surface area contributed by atoms with Crippen LogP contribution in [0.4, 0.5) is 0 Å². The van der Waals surface area contributed by atoms with Crippen molar-refractivity contribution in [2.45, 2.75) is 6.04 Å². The summed E-state index contributed by atoms with van der Waals surface area (Å²) in [6.07, 6.45) is 2.11. The zero-order valence-corrected chi connectivity index (χ0v) is 8.56. The minimum Gasteiger partial charge on any atom is -0.379 e. The van der Waals surface area contributed by atoms with Crippen molar-refractivity contribution in [1.29, 1.82) is 0 Å². The van der Waals surface area contributed by atoms with Gasteiger partial charge in [-0.05, 0) is 5.56 Å². The highest BCUT2D eigenvalue weighted by molar-refractivity contribution is 5.62. The molecule has 1 aromatic carbocycles. The van der Waals surface area contributed by atoms with Gasteiger partial charge in [-0.1, -0.05) is 30.3 Å². The Morgan fingerprint density at radius 3 is 2.47 bits per heavy atom. The lowest BCUT2D eigenvalue weighted by Crippen LogP contribution is -2.39. The van der Waals surface area contributed by atoms with Crippen LogP contribution in [-0.2, 0) is 9.53 Å². The molecule has 1 unspecified atom stereocenters. The molecule has 1 aromatic rings. The van der Waals surface area contributed by atoms with E-state index in [1.54, 1.807) is 0 Å². The second kappa shape index (κ2) is 5.05. The molecule has 3 heteroatoms. The Morgan fingerprint density at radius 2 is 1.87 bits per heavy atom. The molecular weight excluding hydrogens is 190 g/mol. The number of ether oxygens (including phenoxy) is 1. The normalized spacial score (nSPS) is 19.7. The average molecular weight is 204 g/mol. The average Bonchev–Trinajstić information content (AvgIpc) is 2.33. The topological polar surface area (TPSA) is 29.5 Å². The predicted octanol–water partition coefficient (Wildman–Crippen LogP) is 1.17. The monoisotopic (exact) mass is 204 g/mol. The summed E-state index contributed by atoms with van der Waals surface area (Å²) >= 11 is 0. The summed E-state index contributed by atoms with van der Waals surface area (Å²) < 4.78 is 5.26. The van der Waals surface area contributed by atoms with Gasteiger partial charge in [0.1, 0.15) is 6.04 Å². The Labute approximate surface area is 89.7 Å². The van der Waals surface area contributed by atoms with E-state index in [2.05, 4.69) is 11.2 Å². The van der Waals surface area contributed by atoms with Gasteiger partial charge >= 0.3 is 0 Å². The van der Waals surface area contributed by atoms with Crippen molar-refractivity contribution >= 4 is 6.29 Å². The zero-order valence-electron chi connectivity index (χ0n) is 8.56. The highest BCUT2D eigenvalue weighted by atomic mass is 16.5. The van der Waals surface area contributed by atoms with E-state index >= 15 is 0 Å². The molecule has 1 aliphatic rings. The van der Waals surface area contributed by atoms with Gasteiger partial charge in [-0.15, -0.1) is 0 Å². The van der Waals surface area contributed by atoms with Crippen molar-refractivity contribution in [3.05, 3.63) is 35.9 Å². The second-order valence-corrected chi connectivity index (χ2v) is 3.58. The lowest BCUT2D eigenvalue weighted by molar-refractivity contribution is 0.0283. The van der Waals surface area contributed by atoms with Crippen molar-refractivity contribution < 1.29 is 9.53 Å². The van der Waals surface area contributed by atoms with Crippen LogP contribution in [0.2, 0.25) is 0 Å². The summed E-state index contributed by atoms with van der Waals surface area (Å²) in [7, 11) is 0. The van der Waals surface area contributed by atoms with Crippen LogP contribution >= 0.6 is 0 Å². The molecule has 0 N–H and O–H groups in total. The summed E-state index contributed by atoms with van der Waals surface area (Å²) in [5.74, 6) is 0. The maximum atomic E-state index is 11.0. The van der Waals surface area contributed by atoms with E-state index in [1.807, 2.05) is 30.3 Å². The molecule has 2 rings (SSSR count). The van der Waals surface area contributed by atoms with Crippen LogP contribution in [0.1, 0.15) is 11.6 Å². The lowest BCUT2D eigenvalue weighted by atomic mass is 10.1. The standard InChI is InChI=1S/C12H14NO2/c14-10-12(11-4-2-1-3-5-11)13-6-8-15-9-7-13/h1-5,12H,6-9H2. The maximum Gasteiger partial charge on any atom is 0.222 e. The van der Waals surface area contributed by atoms with E-state index in [4.69, 9.17) is 4.74 Å². The van der Waals surface area contributed by atoms with E-state index < -0.39 is 0 Å². The van der Waals surface area contributed by atoms with Gasteiger partial charge in [-0.3, -0.25) is 9.69 Å². The van der Waals surface area contributed by atoms with Crippen LogP contribution in [0.3, 0.4) is 0 Å². The number of hydrogen-bond acceptors (Lipinski definition) is 3. The van der Waals surface area contributed by atoms with Gasteiger partial charge in [-0.25, -0.2) is 0 Å². The molecule has 1 radical (unpaired) electrons. The smallest absolute Gasteiger partial charge is 0.222 e. The van der Waals surface area contributed by atoms with Crippen molar-refractivity contribution in [3.8, 4) is 0 Å². The van der Waals surface area contributed by atoms with E-state index in [0.29, 0.717) is 13.2 Å². The Balaban J connectivity index is 2.12. The van der Waals surface area contributed by atoms with Crippen LogP contribution < -0.4 is 0 Å². The van der Waals surface area contributed by atoms with Gasteiger partial charge in [0.15, 0.2) is 0 Å². The summed E-state index contributed by atoms with van der Waals surface area (Å²) in [6, 6.07) is 9.52. The third-order valence-corrected chi connectivity index (χ3v) is 2.64. The quantitative estimate of drug-likeness (QED) is 0.740.